The van der Waals surface area contributed by atoms with E-state index >= 15 is 0 Å². The number of alkyl carbamates (subject to hydrolysis) is 1. The van der Waals surface area contributed by atoms with Crippen LogP contribution in [0.1, 0.15) is 25.0 Å². The van der Waals surface area contributed by atoms with E-state index in [9.17, 15) is 23.1 Å². The van der Waals surface area contributed by atoms with Gasteiger partial charge in [0.05, 0.1) is 11.0 Å². The van der Waals surface area contributed by atoms with Gasteiger partial charge in [-0.3, -0.25) is 0 Å². The Kier molecular flexibility index (Phi) is 7.82. The summed E-state index contributed by atoms with van der Waals surface area (Å²) in [7, 11) is -3.68. The maximum atomic E-state index is 12.5. The Morgan fingerprint density at radius 2 is 1.77 bits per heavy atom. The molecule has 0 fully saturated rings. The van der Waals surface area contributed by atoms with E-state index in [4.69, 9.17) is 9.47 Å². The highest BCUT2D eigenvalue weighted by molar-refractivity contribution is 7.90. The minimum absolute atomic E-state index is 0.00637. The summed E-state index contributed by atoms with van der Waals surface area (Å²) in [6.07, 6.45) is -0.441. The number of benzene rings is 2. The lowest BCUT2D eigenvalue weighted by Gasteiger charge is -2.20. The highest BCUT2D eigenvalue weighted by Crippen LogP contribution is 2.23. The molecule has 1 atom stereocenters. The molecule has 9 heteroatoms. The minimum Gasteiger partial charge on any atom is -0.508 e. The Bertz CT molecular complexity index is 988. The fourth-order valence-electron chi connectivity index (χ4n) is 2.69. The molecule has 0 radical (unpaired) electrons. The van der Waals surface area contributed by atoms with Crippen molar-refractivity contribution in [3.8, 4) is 5.75 Å². The molecular weight excluding hydrogens is 410 g/mol. The van der Waals surface area contributed by atoms with Crippen molar-refractivity contribution in [3.63, 3.8) is 0 Å². The highest BCUT2D eigenvalue weighted by Gasteiger charge is 2.27. The molecule has 0 saturated heterocycles. The molecule has 0 aromatic heterocycles. The van der Waals surface area contributed by atoms with E-state index in [0.717, 1.165) is 17.9 Å². The fraction of sp³-hybridized carbons (Fsp3) is 0.333. The number of amides is 1. The molecule has 2 aromatic carbocycles. The molecule has 2 N–H and O–H groups in total. The number of esters is 1. The van der Waals surface area contributed by atoms with E-state index in [1.54, 1.807) is 38.1 Å². The Morgan fingerprint density at radius 1 is 1.10 bits per heavy atom. The molecular formula is C21H25NO7S. The van der Waals surface area contributed by atoms with Crippen LogP contribution in [0.25, 0.3) is 0 Å². The average Bonchev–Trinajstić information content (AvgIpc) is 2.66. The van der Waals surface area contributed by atoms with Crippen molar-refractivity contribution in [1.29, 1.82) is 0 Å². The smallest absolute Gasteiger partial charge is 0.408 e. The second-order valence-electron chi connectivity index (χ2n) is 7.01. The van der Waals surface area contributed by atoms with Crippen LogP contribution >= 0.6 is 0 Å². The molecule has 2 aromatic rings. The summed E-state index contributed by atoms with van der Waals surface area (Å²) in [5.41, 5.74) is 1.02. The SMILES string of the molecule is CC(C)OC(=O)[C@H](Cc1ccc(O)cc1S(C)(=O)=O)NC(=O)OCc1ccccc1. The normalized spacial score (nSPS) is 12.3. The van der Waals surface area contributed by atoms with Crippen LogP contribution in [0.15, 0.2) is 53.4 Å². The summed E-state index contributed by atoms with van der Waals surface area (Å²) in [5.74, 6) is -0.954. The number of carbonyl (C=O) groups is 2. The Morgan fingerprint density at radius 3 is 2.37 bits per heavy atom. The van der Waals surface area contributed by atoms with Gasteiger partial charge in [-0.25, -0.2) is 18.0 Å². The minimum atomic E-state index is -3.68. The van der Waals surface area contributed by atoms with Gasteiger partial charge in [-0.1, -0.05) is 36.4 Å². The standard InChI is InChI=1S/C21H25NO7S/c1-14(2)29-20(24)18(22-21(25)28-13-15-7-5-4-6-8-15)11-16-9-10-17(23)12-19(16)30(3,26)27/h4-10,12,14,18,23H,11,13H2,1-3H3,(H,22,25)/t18-/m0/s1. The van der Waals surface area contributed by atoms with Gasteiger partial charge in [0.1, 0.15) is 18.4 Å². The van der Waals surface area contributed by atoms with Crippen molar-refractivity contribution in [3.05, 3.63) is 59.7 Å². The number of hydrogen-bond acceptors (Lipinski definition) is 7. The fourth-order valence-corrected chi connectivity index (χ4v) is 3.65. The first-order chi connectivity index (χ1) is 14.1. The van der Waals surface area contributed by atoms with Crippen molar-refractivity contribution in [2.24, 2.45) is 0 Å². The van der Waals surface area contributed by atoms with Gasteiger partial charge in [-0.2, -0.15) is 0 Å². The summed E-state index contributed by atoms with van der Waals surface area (Å²) in [6.45, 7) is 3.32. The number of rotatable bonds is 8. The number of aromatic hydroxyl groups is 1. The molecule has 30 heavy (non-hydrogen) atoms. The van der Waals surface area contributed by atoms with E-state index in [2.05, 4.69) is 5.32 Å². The van der Waals surface area contributed by atoms with E-state index in [-0.39, 0.29) is 29.2 Å². The zero-order chi connectivity index (χ0) is 22.3. The molecule has 2 rings (SSSR count). The van der Waals surface area contributed by atoms with Crippen molar-refractivity contribution < 1.29 is 32.6 Å². The zero-order valence-electron chi connectivity index (χ0n) is 17.0. The number of nitrogens with one attached hydrogen (secondary N) is 1. The van der Waals surface area contributed by atoms with Crippen LogP contribution in [0.3, 0.4) is 0 Å². The number of hydrogen-bond donors (Lipinski definition) is 2. The third-order valence-corrected chi connectivity index (χ3v) is 5.19. The van der Waals surface area contributed by atoms with Crippen molar-refractivity contribution in [1.82, 2.24) is 5.32 Å². The molecule has 8 nitrogen and oxygen atoms in total. The van der Waals surface area contributed by atoms with Crippen molar-refractivity contribution >= 4 is 21.9 Å². The predicted molar refractivity (Wildman–Crippen MR) is 110 cm³/mol. The van der Waals surface area contributed by atoms with Crippen LogP contribution in [0.5, 0.6) is 5.75 Å². The zero-order valence-corrected chi connectivity index (χ0v) is 17.8. The van der Waals surface area contributed by atoms with E-state index in [1.807, 2.05) is 6.07 Å². The summed E-state index contributed by atoms with van der Waals surface area (Å²) < 4.78 is 34.5. The Balaban J connectivity index is 2.20. The van der Waals surface area contributed by atoms with E-state index < -0.39 is 34.0 Å². The topological polar surface area (TPSA) is 119 Å². The molecule has 0 unspecified atom stereocenters. The first-order valence-corrected chi connectivity index (χ1v) is 11.1. The molecule has 0 aliphatic heterocycles. The number of sulfone groups is 1. The van der Waals surface area contributed by atoms with Crippen LogP contribution in [0.4, 0.5) is 4.79 Å². The second kappa shape index (κ2) is 10.1. The molecule has 0 heterocycles. The third-order valence-electron chi connectivity index (χ3n) is 4.02. The molecule has 0 aliphatic rings. The van der Waals surface area contributed by atoms with Gasteiger partial charge in [0.2, 0.25) is 0 Å². The van der Waals surface area contributed by atoms with Crippen LogP contribution in [0.2, 0.25) is 0 Å². The summed E-state index contributed by atoms with van der Waals surface area (Å²) in [6, 6.07) is 11.6. The van der Waals surface area contributed by atoms with E-state index in [0.29, 0.717) is 0 Å². The van der Waals surface area contributed by atoms with Gasteiger partial charge in [-0.05, 0) is 37.1 Å². The number of ether oxygens (including phenoxy) is 2. The summed E-state index contributed by atoms with van der Waals surface area (Å²) in [4.78, 5) is 24.6. The average molecular weight is 435 g/mol. The van der Waals surface area contributed by atoms with Crippen LogP contribution in [0, 0.1) is 0 Å². The predicted octanol–water partition coefficient (Wildman–Crippen LogP) is 2.58. The largest absolute Gasteiger partial charge is 0.508 e. The summed E-state index contributed by atoms with van der Waals surface area (Å²) >= 11 is 0. The van der Waals surface area contributed by atoms with Crippen molar-refractivity contribution in [2.75, 3.05) is 6.26 Å². The van der Waals surface area contributed by atoms with Crippen LogP contribution in [-0.2, 0) is 37.1 Å². The lowest BCUT2D eigenvalue weighted by molar-refractivity contribution is -0.149. The van der Waals surface area contributed by atoms with E-state index in [1.165, 1.54) is 12.1 Å². The van der Waals surface area contributed by atoms with Crippen molar-refractivity contribution in [2.45, 2.75) is 43.9 Å². The molecule has 162 valence electrons. The number of phenols is 1. The van der Waals surface area contributed by atoms with Gasteiger partial charge in [-0.15, -0.1) is 0 Å². The first-order valence-electron chi connectivity index (χ1n) is 9.26. The molecule has 0 saturated carbocycles. The maximum absolute atomic E-state index is 12.5. The third kappa shape index (κ3) is 7.07. The van der Waals surface area contributed by atoms with Crippen LogP contribution in [-0.4, -0.2) is 44.0 Å². The Labute approximate surface area is 175 Å². The Hall–Kier alpha value is -3.07. The molecule has 0 aliphatic carbocycles. The molecule has 1 amide bonds. The first kappa shape index (κ1) is 23.2. The van der Waals surface area contributed by atoms with Gasteiger partial charge in [0.25, 0.3) is 0 Å². The quantitative estimate of drug-likeness (QED) is 0.612. The highest BCUT2D eigenvalue weighted by atomic mass is 32.2. The van der Waals surface area contributed by atoms with Gasteiger partial charge >= 0.3 is 12.1 Å². The lowest BCUT2D eigenvalue weighted by atomic mass is 10.1. The maximum Gasteiger partial charge on any atom is 0.408 e. The number of carbonyl (C=O) groups excluding carboxylic acids is 2. The molecule has 0 spiro atoms. The van der Waals surface area contributed by atoms with Gasteiger partial charge in [0.15, 0.2) is 9.84 Å². The van der Waals surface area contributed by atoms with Crippen LogP contribution < -0.4 is 5.32 Å². The second-order valence-corrected chi connectivity index (χ2v) is 9.00. The summed E-state index contributed by atoms with van der Waals surface area (Å²) in [5, 5.41) is 12.1. The van der Waals surface area contributed by atoms with Gasteiger partial charge in [0, 0.05) is 12.7 Å². The molecule has 0 bridgehead atoms. The number of phenolic OH excluding ortho intramolecular Hbond substituents is 1. The lowest BCUT2D eigenvalue weighted by Crippen LogP contribution is -2.44. The monoisotopic (exact) mass is 435 g/mol. The van der Waals surface area contributed by atoms with Gasteiger partial charge < -0.3 is 19.9 Å².